The Morgan fingerprint density at radius 3 is 2.70 bits per heavy atom. The molecule has 0 radical (unpaired) electrons. The molecule has 0 unspecified atom stereocenters. The molecule has 7 heteroatoms. The molecule has 0 fully saturated rings. The van der Waals surface area contributed by atoms with E-state index in [4.69, 9.17) is 5.73 Å². The first kappa shape index (κ1) is 13.8. The molecular weight excluding hydrogens is 404 g/mol. The molecule has 0 aliphatic rings. The molecule has 3 aromatic rings. The van der Waals surface area contributed by atoms with E-state index in [1.165, 1.54) is 0 Å². The predicted octanol–water partition coefficient (Wildman–Crippen LogP) is 4.32. The van der Waals surface area contributed by atoms with E-state index in [1.54, 1.807) is 22.2 Å². The van der Waals surface area contributed by atoms with Gasteiger partial charge in [-0.3, -0.25) is 9.67 Å². The molecule has 0 saturated carbocycles. The van der Waals surface area contributed by atoms with Crippen molar-refractivity contribution in [2.24, 2.45) is 7.05 Å². The van der Waals surface area contributed by atoms with Crippen LogP contribution in [-0.4, -0.2) is 14.8 Å². The highest BCUT2D eigenvalue weighted by atomic mass is 79.9. The highest BCUT2D eigenvalue weighted by molar-refractivity contribution is 9.13. The molecule has 0 aromatic carbocycles. The Labute approximate surface area is 136 Å². The van der Waals surface area contributed by atoms with Crippen molar-refractivity contribution in [1.82, 2.24) is 14.8 Å². The van der Waals surface area contributed by atoms with Crippen LogP contribution in [0.4, 0.5) is 5.82 Å². The molecule has 0 saturated heterocycles. The van der Waals surface area contributed by atoms with Crippen LogP contribution in [0.5, 0.6) is 0 Å². The molecule has 0 spiro atoms. The van der Waals surface area contributed by atoms with Gasteiger partial charge in [0.15, 0.2) is 0 Å². The maximum Gasteiger partial charge on any atom is 0.131 e. The van der Waals surface area contributed by atoms with Gasteiger partial charge in [-0.25, -0.2) is 0 Å². The van der Waals surface area contributed by atoms with Crippen molar-refractivity contribution in [1.29, 1.82) is 0 Å². The summed E-state index contributed by atoms with van der Waals surface area (Å²) in [5.41, 5.74) is 8.70. The summed E-state index contributed by atoms with van der Waals surface area (Å²) in [6.45, 7) is 0. The van der Waals surface area contributed by atoms with Gasteiger partial charge in [0.05, 0.1) is 19.9 Å². The number of hydrogen-bond acceptors (Lipinski definition) is 4. The Balaban J connectivity index is 2.24. The van der Waals surface area contributed by atoms with Gasteiger partial charge in [0, 0.05) is 17.7 Å². The molecular formula is C13H10Br2N4S. The third-order valence-corrected chi connectivity index (χ3v) is 6.15. The van der Waals surface area contributed by atoms with Gasteiger partial charge < -0.3 is 5.73 Å². The normalized spacial score (nSPS) is 10.9. The fourth-order valence-electron chi connectivity index (χ4n) is 1.94. The number of halogens is 2. The highest BCUT2D eigenvalue weighted by Crippen LogP contribution is 2.42. The Bertz CT molecular complexity index is 745. The first-order valence-electron chi connectivity index (χ1n) is 5.77. The smallest absolute Gasteiger partial charge is 0.131 e. The number of hydrogen-bond donors (Lipinski definition) is 1. The number of aromatic nitrogens is 3. The Kier molecular flexibility index (Phi) is 3.66. The third kappa shape index (κ3) is 2.30. The lowest BCUT2D eigenvalue weighted by Gasteiger charge is -2.01. The molecule has 3 aromatic heterocycles. The summed E-state index contributed by atoms with van der Waals surface area (Å²) in [6, 6.07) is 7.80. The quantitative estimate of drug-likeness (QED) is 0.680. The molecule has 3 heterocycles. The van der Waals surface area contributed by atoms with Gasteiger partial charge in [0.2, 0.25) is 0 Å². The molecule has 0 amide bonds. The van der Waals surface area contributed by atoms with E-state index in [0.29, 0.717) is 5.82 Å². The molecule has 0 aliphatic carbocycles. The van der Waals surface area contributed by atoms with E-state index < -0.39 is 0 Å². The van der Waals surface area contributed by atoms with E-state index in [1.807, 2.05) is 31.3 Å². The van der Waals surface area contributed by atoms with Gasteiger partial charge in [-0.1, -0.05) is 6.07 Å². The number of aryl methyl sites for hydroxylation is 1. The Hall–Kier alpha value is -1.18. The minimum atomic E-state index is 0.611. The van der Waals surface area contributed by atoms with Gasteiger partial charge in [0.25, 0.3) is 0 Å². The first-order valence-corrected chi connectivity index (χ1v) is 8.17. The minimum Gasteiger partial charge on any atom is -0.383 e. The molecule has 0 atom stereocenters. The fraction of sp³-hybridized carbons (Fsp3) is 0.0769. The molecule has 4 nitrogen and oxygen atoms in total. The fourth-order valence-corrected chi connectivity index (χ4v) is 3.96. The standard InChI is InChI=1S/C13H10Br2N4S/c1-19-13(16)10(8-4-2-3-5-17-8)11(18-19)9-6-7(14)12(15)20-9/h2-6H,16H2,1H3. The lowest BCUT2D eigenvalue weighted by atomic mass is 10.1. The zero-order chi connectivity index (χ0) is 14.3. The number of pyridine rings is 1. The van der Waals surface area contributed by atoms with Crippen molar-refractivity contribution < 1.29 is 0 Å². The van der Waals surface area contributed by atoms with Gasteiger partial charge in [-0.15, -0.1) is 11.3 Å². The van der Waals surface area contributed by atoms with Gasteiger partial charge in [-0.2, -0.15) is 5.10 Å². The SMILES string of the molecule is Cn1nc(-c2cc(Br)c(Br)s2)c(-c2ccccn2)c1N. The van der Waals surface area contributed by atoms with Crippen LogP contribution >= 0.6 is 43.2 Å². The Morgan fingerprint density at radius 1 is 1.30 bits per heavy atom. The zero-order valence-electron chi connectivity index (χ0n) is 10.5. The monoisotopic (exact) mass is 412 g/mol. The largest absolute Gasteiger partial charge is 0.383 e. The van der Waals surface area contributed by atoms with E-state index in [9.17, 15) is 0 Å². The van der Waals surface area contributed by atoms with Crippen LogP contribution in [0, 0.1) is 0 Å². The average Bonchev–Trinajstić information content (AvgIpc) is 2.93. The van der Waals surface area contributed by atoms with Crippen LogP contribution in [0.25, 0.3) is 21.8 Å². The predicted molar refractivity (Wildman–Crippen MR) is 89.6 cm³/mol. The van der Waals surface area contributed by atoms with Crippen LogP contribution in [0.1, 0.15) is 0 Å². The Morgan fingerprint density at radius 2 is 2.10 bits per heavy atom. The molecule has 102 valence electrons. The second kappa shape index (κ2) is 5.31. The summed E-state index contributed by atoms with van der Waals surface area (Å²) < 4.78 is 3.72. The molecule has 0 bridgehead atoms. The van der Waals surface area contributed by atoms with E-state index in [-0.39, 0.29) is 0 Å². The van der Waals surface area contributed by atoms with Crippen molar-refractivity contribution in [3.8, 4) is 21.8 Å². The number of nitrogen functional groups attached to an aromatic ring is 1. The summed E-state index contributed by atoms with van der Waals surface area (Å²) >= 11 is 8.62. The zero-order valence-corrected chi connectivity index (χ0v) is 14.5. The molecule has 0 aliphatic heterocycles. The van der Waals surface area contributed by atoms with Crippen molar-refractivity contribution in [3.05, 3.63) is 38.7 Å². The maximum atomic E-state index is 6.16. The van der Waals surface area contributed by atoms with Crippen LogP contribution in [0.15, 0.2) is 38.7 Å². The summed E-state index contributed by atoms with van der Waals surface area (Å²) in [5.74, 6) is 0.611. The summed E-state index contributed by atoms with van der Waals surface area (Å²) in [4.78, 5) is 5.43. The minimum absolute atomic E-state index is 0.611. The van der Waals surface area contributed by atoms with Crippen molar-refractivity contribution in [3.63, 3.8) is 0 Å². The number of thiophene rings is 1. The molecule has 20 heavy (non-hydrogen) atoms. The van der Waals surface area contributed by atoms with Crippen LogP contribution in [0.3, 0.4) is 0 Å². The van der Waals surface area contributed by atoms with Crippen molar-refractivity contribution >= 4 is 49.0 Å². The topological polar surface area (TPSA) is 56.7 Å². The van der Waals surface area contributed by atoms with Crippen LogP contribution < -0.4 is 5.73 Å². The summed E-state index contributed by atoms with van der Waals surface area (Å²) in [7, 11) is 1.84. The molecule has 2 N–H and O–H groups in total. The second-order valence-electron chi connectivity index (χ2n) is 4.18. The summed E-state index contributed by atoms with van der Waals surface area (Å²) in [5, 5.41) is 4.53. The lowest BCUT2D eigenvalue weighted by Crippen LogP contribution is -1.98. The number of rotatable bonds is 2. The maximum absolute atomic E-state index is 6.16. The number of nitrogens with zero attached hydrogens (tertiary/aromatic N) is 3. The van der Waals surface area contributed by atoms with Gasteiger partial charge in [0.1, 0.15) is 11.5 Å². The first-order chi connectivity index (χ1) is 9.58. The van der Waals surface area contributed by atoms with Gasteiger partial charge in [-0.05, 0) is 50.1 Å². The van der Waals surface area contributed by atoms with Gasteiger partial charge >= 0.3 is 0 Å². The highest BCUT2D eigenvalue weighted by Gasteiger charge is 2.20. The molecule has 3 rings (SSSR count). The third-order valence-electron chi connectivity index (χ3n) is 2.89. The second-order valence-corrected chi connectivity index (χ2v) is 7.40. The number of nitrogens with two attached hydrogens (primary N) is 1. The van der Waals surface area contributed by atoms with Crippen molar-refractivity contribution in [2.45, 2.75) is 0 Å². The van der Waals surface area contributed by atoms with E-state index in [0.717, 1.165) is 30.1 Å². The lowest BCUT2D eigenvalue weighted by molar-refractivity contribution is 0.783. The van der Waals surface area contributed by atoms with E-state index in [2.05, 4.69) is 41.9 Å². The van der Waals surface area contributed by atoms with Crippen LogP contribution in [-0.2, 0) is 7.05 Å². The average molecular weight is 414 g/mol. The van der Waals surface area contributed by atoms with Crippen LogP contribution in [0.2, 0.25) is 0 Å². The van der Waals surface area contributed by atoms with Crippen molar-refractivity contribution in [2.75, 3.05) is 5.73 Å². The number of anilines is 1. The summed E-state index contributed by atoms with van der Waals surface area (Å²) in [6.07, 6.45) is 1.76. The van der Waals surface area contributed by atoms with E-state index >= 15 is 0 Å².